The van der Waals surface area contributed by atoms with Gasteiger partial charge in [-0.2, -0.15) is 0 Å². The van der Waals surface area contributed by atoms with E-state index in [4.69, 9.17) is 21.4 Å². The highest BCUT2D eigenvalue weighted by atomic mass is 35.5. The van der Waals surface area contributed by atoms with Crippen LogP contribution in [-0.4, -0.2) is 22.7 Å². The molecule has 0 aliphatic carbocycles. The van der Waals surface area contributed by atoms with E-state index in [0.29, 0.717) is 28.6 Å². The van der Waals surface area contributed by atoms with Gasteiger partial charge in [0, 0.05) is 11.5 Å². The topological polar surface area (TPSA) is 59.4 Å². The predicted octanol–water partition coefficient (Wildman–Crippen LogP) is 3.38. The lowest BCUT2D eigenvalue weighted by Gasteiger charge is -2.08. The summed E-state index contributed by atoms with van der Waals surface area (Å²) in [5.74, 6) is -0.384. The molecular weight excluding hydrogens is 266 g/mol. The van der Waals surface area contributed by atoms with Crippen molar-refractivity contribution in [2.45, 2.75) is 6.92 Å². The Morgan fingerprint density at radius 2 is 2.21 bits per heavy atom. The van der Waals surface area contributed by atoms with Gasteiger partial charge in [-0.3, -0.25) is 0 Å². The zero-order chi connectivity index (χ0) is 13.8. The summed E-state index contributed by atoms with van der Waals surface area (Å²) in [4.78, 5) is 14.9. The number of rotatable bonds is 4. The quantitative estimate of drug-likeness (QED) is 0.870. The fraction of sp³-hybridized carbons (Fsp3) is 0.143. The Hall–Kier alpha value is -2.07. The molecule has 0 bridgehead atoms. The Labute approximate surface area is 115 Å². The van der Waals surface area contributed by atoms with Crippen LogP contribution in [0.2, 0.25) is 5.02 Å². The van der Waals surface area contributed by atoms with Crippen LogP contribution in [0.5, 0.6) is 5.75 Å². The highest BCUT2D eigenvalue weighted by Gasteiger charge is 2.07. The summed E-state index contributed by atoms with van der Waals surface area (Å²) in [6, 6.07) is 7.02. The lowest BCUT2D eigenvalue weighted by atomic mass is 10.2. The fourth-order valence-corrected chi connectivity index (χ4v) is 1.91. The van der Waals surface area contributed by atoms with Crippen LogP contribution in [0.25, 0.3) is 17.0 Å². The van der Waals surface area contributed by atoms with Crippen LogP contribution in [0.15, 0.2) is 30.3 Å². The zero-order valence-corrected chi connectivity index (χ0v) is 11.0. The van der Waals surface area contributed by atoms with Crippen LogP contribution >= 0.6 is 11.6 Å². The molecule has 19 heavy (non-hydrogen) atoms. The summed E-state index contributed by atoms with van der Waals surface area (Å²) in [5.41, 5.74) is 1.17. The number of pyridine rings is 1. The van der Waals surface area contributed by atoms with Crippen LogP contribution in [0.4, 0.5) is 0 Å². The van der Waals surface area contributed by atoms with Crippen molar-refractivity contribution in [2.24, 2.45) is 0 Å². The van der Waals surface area contributed by atoms with Crippen molar-refractivity contribution >= 4 is 34.5 Å². The molecule has 1 N–H and O–H groups in total. The standard InChI is InChI=1S/C14H12ClNO3/c1-2-19-12-7-6-11(15)10-5-3-9(16-14(10)12)4-8-13(17)18/h3-8H,2H2,1H3,(H,17,18)/b8-4+. The van der Waals surface area contributed by atoms with Gasteiger partial charge in [-0.1, -0.05) is 11.6 Å². The number of carboxylic acids is 1. The van der Waals surface area contributed by atoms with E-state index in [0.717, 1.165) is 11.5 Å². The van der Waals surface area contributed by atoms with Crippen molar-refractivity contribution in [3.8, 4) is 5.75 Å². The first-order valence-electron chi connectivity index (χ1n) is 5.75. The number of hydrogen-bond donors (Lipinski definition) is 1. The van der Waals surface area contributed by atoms with Gasteiger partial charge in [-0.15, -0.1) is 0 Å². The van der Waals surface area contributed by atoms with E-state index in [1.54, 1.807) is 24.3 Å². The molecule has 5 heteroatoms. The van der Waals surface area contributed by atoms with Gasteiger partial charge in [0.25, 0.3) is 0 Å². The van der Waals surface area contributed by atoms with Crippen LogP contribution < -0.4 is 4.74 Å². The lowest BCUT2D eigenvalue weighted by molar-refractivity contribution is -0.131. The van der Waals surface area contributed by atoms with Gasteiger partial charge in [0.1, 0.15) is 11.3 Å². The van der Waals surface area contributed by atoms with Crippen molar-refractivity contribution < 1.29 is 14.6 Å². The molecule has 4 nitrogen and oxygen atoms in total. The molecule has 98 valence electrons. The molecule has 2 rings (SSSR count). The molecule has 0 radical (unpaired) electrons. The van der Waals surface area contributed by atoms with Crippen molar-refractivity contribution in [1.82, 2.24) is 4.98 Å². The van der Waals surface area contributed by atoms with Gasteiger partial charge in [0.05, 0.1) is 17.3 Å². The van der Waals surface area contributed by atoms with E-state index >= 15 is 0 Å². The van der Waals surface area contributed by atoms with Crippen LogP contribution in [0, 0.1) is 0 Å². The maximum atomic E-state index is 10.5. The average molecular weight is 278 g/mol. The van der Waals surface area contributed by atoms with Gasteiger partial charge in [-0.25, -0.2) is 9.78 Å². The highest BCUT2D eigenvalue weighted by Crippen LogP contribution is 2.30. The Morgan fingerprint density at radius 3 is 2.89 bits per heavy atom. The summed E-state index contributed by atoms with van der Waals surface area (Å²) in [6.07, 6.45) is 2.47. The number of carbonyl (C=O) groups is 1. The van der Waals surface area contributed by atoms with Gasteiger partial charge >= 0.3 is 5.97 Å². The minimum atomic E-state index is -1.02. The predicted molar refractivity (Wildman–Crippen MR) is 74.6 cm³/mol. The summed E-state index contributed by atoms with van der Waals surface area (Å²) in [5, 5.41) is 9.97. The monoisotopic (exact) mass is 277 g/mol. The number of carboxylic acid groups (broad SMARTS) is 1. The van der Waals surface area contributed by atoms with Crippen LogP contribution in [0.3, 0.4) is 0 Å². The largest absolute Gasteiger partial charge is 0.492 e. The SMILES string of the molecule is CCOc1ccc(Cl)c2ccc(/C=C/C(=O)O)nc12. The molecule has 0 saturated heterocycles. The first-order chi connectivity index (χ1) is 9.11. The summed E-state index contributed by atoms with van der Waals surface area (Å²) >= 11 is 6.10. The van der Waals surface area contributed by atoms with E-state index in [1.165, 1.54) is 6.08 Å². The lowest BCUT2D eigenvalue weighted by Crippen LogP contribution is -1.95. The van der Waals surface area contributed by atoms with E-state index in [-0.39, 0.29) is 0 Å². The molecule has 0 atom stereocenters. The van der Waals surface area contributed by atoms with E-state index in [9.17, 15) is 4.79 Å². The maximum Gasteiger partial charge on any atom is 0.328 e. The maximum absolute atomic E-state index is 10.5. The number of fused-ring (bicyclic) bond motifs is 1. The van der Waals surface area contributed by atoms with Gasteiger partial charge in [0.15, 0.2) is 0 Å². The van der Waals surface area contributed by atoms with E-state index in [2.05, 4.69) is 4.98 Å². The molecule has 0 saturated carbocycles. The fourth-order valence-electron chi connectivity index (χ4n) is 1.69. The average Bonchev–Trinajstić information content (AvgIpc) is 2.40. The molecule has 0 fully saturated rings. The van der Waals surface area contributed by atoms with Gasteiger partial charge in [0.2, 0.25) is 0 Å². The van der Waals surface area contributed by atoms with Crippen molar-refractivity contribution in [3.05, 3.63) is 41.1 Å². The molecule has 0 spiro atoms. The van der Waals surface area contributed by atoms with Gasteiger partial charge < -0.3 is 9.84 Å². The van der Waals surface area contributed by atoms with Crippen molar-refractivity contribution in [2.75, 3.05) is 6.61 Å². The molecule has 0 aliphatic rings. The molecule has 1 aromatic heterocycles. The molecular formula is C14H12ClNO3. The summed E-state index contributed by atoms with van der Waals surface area (Å²) < 4.78 is 5.49. The second-order valence-corrected chi connectivity index (χ2v) is 4.19. The number of hydrogen-bond acceptors (Lipinski definition) is 3. The molecule has 0 unspecified atom stereocenters. The highest BCUT2D eigenvalue weighted by molar-refractivity contribution is 6.35. The van der Waals surface area contributed by atoms with Gasteiger partial charge in [-0.05, 0) is 37.3 Å². The summed E-state index contributed by atoms with van der Waals surface area (Å²) in [7, 11) is 0. The Balaban J connectivity index is 2.55. The normalized spacial score (nSPS) is 11.1. The first-order valence-corrected chi connectivity index (χ1v) is 6.12. The Morgan fingerprint density at radius 1 is 1.42 bits per heavy atom. The van der Waals surface area contributed by atoms with E-state index < -0.39 is 5.97 Å². The Bertz CT molecular complexity index is 652. The third-order valence-corrected chi connectivity index (χ3v) is 2.81. The number of aromatic nitrogens is 1. The third kappa shape index (κ3) is 3.03. The minimum Gasteiger partial charge on any atom is -0.492 e. The van der Waals surface area contributed by atoms with Crippen molar-refractivity contribution in [3.63, 3.8) is 0 Å². The minimum absolute atomic E-state index is 0.521. The second-order valence-electron chi connectivity index (χ2n) is 3.78. The number of benzene rings is 1. The Kier molecular flexibility index (Phi) is 4.02. The first kappa shape index (κ1) is 13.4. The van der Waals surface area contributed by atoms with E-state index in [1.807, 2.05) is 6.92 Å². The number of ether oxygens (including phenoxy) is 1. The molecule has 0 amide bonds. The number of halogens is 1. The second kappa shape index (κ2) is 5.71. The summed E-state index contributed by atoms with van der Waals surface area (Å²) in [6.45, 7) is 2.40. The van der Waals surface area contributed by atoms with Crippen LogP contribution in [0.1, 0.15) is 12.6 Å². The van der Waals surface area contributed by atoms with Crippen LogP contribution in [-0.2, 0) is 4.79 Å². The molecule has 1 heterocycles. The molecule has 0 aliphatic heterocycles. The zero-order valence-electron chi connectivity index (χ0n) is 10.3. The number of aliphatic carboxylic acids is 1. The van der Waals surface area contributed by atoms with Crippen molar-refractivity contribution in [1.29, 1.82) is 0 Å². The molecule has 2 aromatic rings. The molecule has 1 aromatic carbocycles. The third-order valence-electron chi connectivity index (χ3n) is 2.49. The number of nitrogens with zero attached hydrogens (tertiary/aromatic N) is 1. The smallest absolute Gasteiger partial charge is 0.328 e.